The zero-order valence-electron chi connectivity index (χ0n) is 8.49. The van der Waals surface area contributed by atoms with Crippen LogP contribution in [0.3, 0.4) is 0 Å². The summed E-state index contributed by atoms with van der Waals surface area (Å²) in [5.74, 6) is 1.33. The average molecular weight is 194 g/mol. The van der Waals surface area contributed by atoms with Crippen LogP contribution in [-0.2, 0) is 0 Å². The van der Waals surface area contributed by atoms with Gasteiger partial charge in [0, 0.05) is 19.7 Å². The van der Waals surface area contributed by atoms with Crippen molar-refractivity contribution < 1.29 is 9.32 Å². The Morgan fingerprint density at radius 2 is 2.43 bits per heavy atom. The second kappa shape index (κ2) is 3.44. The summed E-state index contributed by atoms with van der Waals surface area (Å²) in [5.41, 5.74) is 0.408. The summed E-state index contributed by atoms with van der Waals surface area (Å²) >= 11 is 0. The summed E-state index contributed by atoms with van der Waals surface area (Å²) < 4.78 is 4.86. The Labute approximate surface area is 82.9 Å². The van der Waals surface area contributed by atoms with Crippen LogP contribution in [0.5, 0.6) is 0 Å². The largest absolute Gasteiger partial charge is 0.361 e. The maximum atomic E-state index is 11.7. The molecule has 1 aliphatic rings. The van der Waals surface area contributed by atoms with E-state index in [9.17, 15) is 4.79 Å². The molecule has 2 rings (SSSR count). The van der Waals surface area contributed by atoms with Gasteiger partial charge in [0.05, 0.1) is 0 Å². The van der Waals surface area contributed by atoms with Crippen molar-refractivity contribution in [3.05, 3.63) is 17.5 Å². The molecule has 0 bridgehead atoms. The van der Waals surface area contributed by atoms with E-state index < -0.39 is 0 Å². The molecule has 0 atom stereocenters. The first-order chi connectivity index (χ1) is 6.66. The van der Waals surface area contributed by atoms with Crippen molar-refractivity contribution in [3.63, 3.8) is 0 Å². The molecule has 1 aromatic rings. The first-order valence-electron chi connectivity index (χ1n) is 4.85. The third kappa shape index (κ3) is 1.95. The Bertz CT molecular complexity index is 342. The highest BCUT2D eigenvalue weighted by Crippen LogP contribution is 2.29. The minimum atomic E-state index is -0.0475. The molecule has 0 aliphatic heterocycles. The molecule has 1 aliphatic carbocycles. The molecule has 1 heterocycles. The van der Waals surface area contributed by atoms with E-state index in [1.54, 1.807) is 17.9 Å². The Morgan fingerprint density at radius 3 is 2.93 bits per heavy atom. The summed E-state index contributed by atoms with van der Waals surface area (Å²) in [4.78, 5) is 13.4. The molecule has 1 fully saturated rings. The quantitative estimate of drug-likeness (QED) is 0.731. The molecule has 14 heavy (non-hydrogen) atoms. The zero-order chi connectivity index (χ0) is 10.1. The van der Waals surface area contributed by atoms with Crippen LogP contribution in [0.2, 0.25) is 0 Å². The van der Waals surface area contributed by atoms with Crippen molar-refractivity contribution in [2.24, 2.45) is 5.92 Å². The number of amides is 1. The number of rotatable bonds is 3. The molecular weight excluding hydrogens is 180 g/mol. The van der Waals surface area contributed by atoms with Gasteiger partial charge in [-0.3, -0.25) is 4.79 Å². The van der Waals surface area contributed by atoms with Gasteiger partial charge in [-0.05, 0) is 25.7 Å². The first kappa shape index (κ1) is 9.24. The SMILES string of the molecule is Cc1cc(C(=O)N(C)CC2CC2)no1. The number of nitrogens with zero attached hydrogens (tertiary/aromatic N) is 2. The minimum absolute atomic E-state index is 0.0475. The Hall–Kier alpha value is -1.32. The predicted molar refractivity (Wildman–Crippen MR) is 50.9 cm³/mol. The maximum absolute atomic E-state index is 11.7. The number of carbonyl (C=O) groups is 1. The van der Waals surface area contributed by atoms with E-state index in [2.05, 4.69) is 5.16 Å². The number of aryl methyl sites for hydroxylation is 1. The highest BCUT2D eigenvalue weighted by molar-refractivity contribution is 5.92. The molecule has 4 nitrogen and oxygen atoms in total. The third-order valence-corrected chi connectivity index (χ3v) is 2.42. The van der Waals surface area contributed by atoms with Crippen LogP contribution in [0.15, 0.2) is 10.6 Å². The second-order valence-electron chi connectivity index (χ2n) is 3.95. The number of carbonyl (C=O) groups excluding carboxylic acids is 1. The molecule has 1 saturated carbocycles. The molecule has 0 saturated heterocycles. The van der Waals surface area contributed by atoms with Gasteiger partial charge >= 0.3 is 0 Å². The Morgan fingerprint density at radius 1 is 1.71 bits per heavy atom. The monoisotopic (exact) mass is 194 g/mol. The van der Waals surface area contributed by atoms with Crippen molar-refractivity contribution in [2.45, 2.75) is 19.8 Å². The lowest BCUT2D eigenvalue weighted by molar-refractivity contribution is 0.0778. The van der Waals surface area contributed by atoms with Gasteiger partial charge in [-0.1, -0.05) is 5.16 Å². The molecule has 4 heteroatoms. The van der Waals surface area contributed by atoms with Gasteiger partial charge in [0.15, 0.2) is 5.69 Å². The van der Waals surface area contributed by atoms with E-state index in [1.807, 2.05) is 7.05 Å². The summed E-state index contributed by atoms with van der Waals surface area (Å²) in [6.07, 6.45) is 2.49. The molecule has 76 valence electrons. The molecule has 0 unspecified atom stereocenters. The fourth-order valence-electron chi connectivity index (χ4n) is 1.43. The van der Waals surface area contributed by atoms with Crippen molar-refractivity contribution in [1.82, 2.24) is 10.1 Å². The fourth-order valence-corrected chi connectivity index (χ4v) is 1.43. The maximum Gasteiger partial charge on any atom is 0.275 e. The van der Waals surface area contributed by atoms with Gasteiger partial charge in [-0.2, -0.15) is 0 Å². The van der Waals surface area contributed by atoms with Gasteiger partial charge in [0.25, 0.3) is 5.91 Å². The highest BCUT2D eigenvalue weighted by Gasteiger charge is 2.26. The lowest BCUT2D eigenvalue weighted by atomic mass is 10.3. The van der Waals surface area contributed by atoms with Gasteiger partial charge in [0.2, 0.25) is 0 Å². The molecular formula is C10H14N2O2. The minimum Gasteiger partial charge on any atom is -0.361 e. The van der Waals surface area contributed by atoms with Crippen LogP contribution in [0, 0.1) is 12.8 Å². The molecule has 0 aromatic carbocycles. The van der Waals surface area contributed by atoms with Crippen LogP contribution in [0.1, 0.15) is 29.1 Å². The fraction of sp³-hybridized carbons (Fsp3) is 0.600. The lowest BCUT2D eigenvalue weighted by Crippen LogP contribution is -2.28. The predicted octanol–water partition coefficient (Wildman–Crippen LogP) is 1.47. The number of hydrogen-bond donors (Lipinski definition) is 0. The Kier molecular flexibility index (Phi) is 2.27. The van der Waals surface area contributed by atoms with Crippen LogP contribution in [0.4, 0.5) is 0 Å². The van der Waals surface area contributed by atoms with E-state index in [4.69, 9.17) is 4.52 Å². The summed E-state index contributed by atoms with van der Waals surface area (Å²) in [6.45, 7) is 2.62. The molecule has 0 spiro atoms. The summed E-state index contributed by atoms with van der Waals surface area (Å²) in [6, 6.07) is 1.67. The van der Waals surface area contributed by atoms with Crippen LogP contribution in [0.25, 0.3) is 0 Å². The van der Waals surface area contributed by atoms with Crippen LogP contribution < -0.4 is 0 Å². The average Bonchev–Trinajstić information content (AvgIpc) is 2.85. The lowest BCUT2D eigenvalue weighted by Gasteiger charge is -2.14. The van der Waals surface area contributed by atoms with Crippen molar-refractivity contribution in [3.8, 4) is 0 Å². The third-order valence-electron chi connectivity index (χ3n) is 2.42. The smallest absolute Gasteiger partial charge is 0.275 e. The zero-order valence-corrected chi connectivity index (χ0v) is 8.49. The van der Waals surface area contributed by atoms with Gasteiger partial charge < -0.3 is 9.42 Å². The molecule has 0 N–H and O–H groups in total. The normalized spacial score (nSPS) is 15.6. The number of hydrogen-bond acceptors (Lipinski definition) is 3. The summed E-state index contributed by atoms with van der Waals surface area (Å²) in [5, 5.41) is 3.70. The van der Waals surface area contributed by atoms with Crippen molar-refractivity contribution in [1.29, 1.82) is 0 Å². The van der Waals surface area contributed by atoms with Crippen molar-refractivity contribution in [2.75, 3.05) is 13.6 Å². The molecule has 0 radical (unpaired) electrons. The molecule has 1 amide bonds. The Balaban J connectivity index is 1.99. The van der Waals surface area contributed by atoms with E-state index in [0.29, 0.717) is 17.4 Å². The van der Waals surface area contributed by atoms with Gasteiger partial charge in [0.1, 0.15) is 5.76 Å². The topological polar surface area (TPSA) is 46.3 Å². The number of aromatic nitrogens is 1. The van der Waals surface area contributed by atoms with Crippen LogP contribution in [-0.4, -0.2) is 29.6 Å². The van der Waals surface area contributed by atoms with Gasteiger partial charge in [-0.25, -0.2) is 0 Å². The van der Waals surface area contributed by atoms with Crippen LogP contribution >= 0.6 is 0 Å². The van der Waals surface area contributed by atoms with E-state index in [-0.39, 0.29) is 5.91 Å². The van der Waals surface area contributed by atoms with E-state index >= 15 is 0 Å². The van der Waals surface area contributed by atoms with Crippen molar-refractivity contribution >= 4 is 5.91 Å². The molecule has 1 aromatic heterocycles. The van der Waals surface area contributed by atoms with E-state index in [1.165, 1.54) is 12.8 Å². The summed E-state index contributed by atoms with van der Waals surface area (Å²) in [7, 11) is 1.81. The second-order valence-corrected chi connectivity index (χ2v) is 3.95. The highest BCUT2D eigenvalue weighted by atomic mass is 16.5. The van der Waals surface area contributed by atoms with Gasteiger partial charge in [-0.15, -0.1) is 0 Å². The first-order valence-corrected chi connectivity index (χ1v) is 4.85. The van der Waals surface area contributed by atoms with E-state index in [0.717, 1.165) is 6.54 Å². The standard InChI is InChI=1S/C10H14N2O2/c1-7-5-9(11-14-7)10(13)12(2)6-8-3-4-8/h5,8H,3-4,6H2,1-2H3.